The molecule has 3 aromatic rings. The van der Waals surface area contributed by atoms with Crippen LogP contribution in [0, 0.1) is 0 Å². The van der Waals surface area contributed by atoms with Gasteiger partial charge in [-0.3, -0.25) is 14.2 Å². The normalized spacial score (nSPS) is 14.7. The van der Waals surface area contributed by atoms with Gasteiger partial charge in [0.1, 0.15) is 5.75 Å². The molecular weight excluding hydrogens is 474 g/mol. The molecule has 1 amide bonds. The fourth-order valence-corrected chi connectivity index (χ4v) is 5.40. The van der Waals surface area contributed by atoms with E-state index in [1.807, 2.05) is 24.3 Å². The Morgan fingerprint density at radius 2 is 1.94 bits per heavy atom. The number of ether oxygens (including phenoxy) is 2. The van der Waals surface area contributed by atoms with E-state index < -0.39 is 5.97 Å². The summed E-state index contributed by atoms with van der Waals surface area (Å²) in [5.74, 6) is 0.741. The van der Waals surface area contributed by atoms with Crippen LogP contribution in [0.15, 0.2) is 69.6 Å². The molecule has 1 aromatic heterocycles. The summed E-state index contributed by atoms with van der Waals surface area (Å²) in [4.78, 5) is 44.0. The Labute approximate surface area is 204 Å². The molecule has 0 atom stereocenters. The molecule has 0 unspecified atom stereocenters. The minimum Gasteiger partial charge on any atom is -0.495 e. The van der Waals surface area contributed by atoms with Gasteiger partial charge in [0.25, 0.3) is 5.56 Å². The molecule has 2 heterocycles. The predicted octanol–water partition coefficient (Wildman–Crippen LogP) is 3.47. The van der Waals surface area contributed by atoms with Crippen molar-refractivity contribution in [3.05, 3.63) is 70.0 Å². The van der Waals surface area contributed by atoms with E-state index in [1.165, 1.54) is 29.6 Å². The molecule has 34 heavy (non-hydrogen) atoms. The van der Waals surface area contributed by atoms with Crippen molar-refractivity contribution < 1.29 is 19.1 Å². The lowest BCUT2D eigenvalue weighted by Gasteiger charge is -2.18. The molecule has 0 aliphatic carbocycles. The van der Waals surface area contributed by atoms with Crippen molar-refractivity contribution in [1.82, 2.24) is 14.5 Å². The third kappa shape index (κ3) is 4.97. The molecule has 1 aliphatic rings. The maximum Gasteiger partial charge on any atom is 0.333 e. The lowest BCUT2D eigenvalue weighted by Crippen LogP contribution is -2.28. The van der Waals surface area contributed by atoms with Gasteiger partial charge >= 0.3 is 5.97 Å². The first kappa shape index (κ1) is 23.9. The van der Waals surface area contributed by atoms with Crippen LogP contribution in [-0.2, 0) is 14.3 Å². The van der Waals surface area contributed by atoms with E-state index in [2.05, 4.69) is 0 Å². The average Bonchev–Trinajstić information content (AvgIpc) is 3.18. The van der Waals surface area contributed by atoms with Crippen LogP contribution >= 0.6 is 23.5 Å². The highest BCUT2D eigenvalue weighted by Crippen LogP contribution is 2.31. The quantitative estimate of drug-likeness (QED) is 0.202. The summed E-state index contributed by atoms with van der Waals surface area (Å²) in [7, 11) is 1.55. The van der Waals surface area contributed by atoms with Crippen LogP contribution in [0.1, 0.15) is 6.92 Å². The van der Waals surface area contributed by atoms with E-state index >= 15 is 0 Å². The molecule has 0 saturated carbocycles. The van der Waals surface area contributed by atoms with Gasteiger partial charge in [0.15, 0.2) is 5.16 Å². The smallest absolute Gasteiger partial charge is 0.333 e. The van der Waals surface area contributed by atoms with Crippen LogP contribution in [0.5, 0.6) is 5.75 Å². The van der Waals surface area contributed by atoms with Gasteiger partial charge in [-0.25, -0.2) is 9.78 Å². The Hall–Kier alpha value is -3.24. The zero-order chi connectivity index (χ0) is 24.1. The van der Waals surface area contributed by atoms with E-state index in [9.17, 15) is 14.4 Å². The number of hydrogen-bond acceptors (Lipinski definition) is 8. The highest BCUT2D eigenvalue weighted by molar-refractivity contribution is 8.04. The largest absolute Gasteiger partial charge is 0.495 e. The third-order valence-electron chi connectivity index (χ3n) is 5.06. The third-order valence-corrected chi connectivity index (χ3v) is 7.00. The van der Waals surface area contributed by atoms with Gasteiger partial charge < -0.3 is 14.4 Å². The first-order valence-electron chi connectivity index (χ1n) is 10.6. The molecule has 1 saturated heterocycles. The molecule has 2 aromatic carbocycles. The Morgan fingerprint density at radius 1 is 1.18 bits per heavy atom. The molecule has 1 fully saturated rings. The van der Waals surface area contributed by atoms with Gasteiger partial charge in [-0.2, -0.15) is 0 Å². The average molecular weight is 498 g/mol. The topological polar surface area (TPSA) is 90.7 Å². The molecule has 10 heteroatoms. The number of rotatable bonds is 8. The van der Waals surface area contributed by atoms with E-state index in [-0.39, 0.29) is 23.8 Å². The molecule has 8 nitrogen and oxygen atoms in total. The minimum atomic E-state index is -0.474. The van der Waals surface area contributed by atoms with Gasteiger partial charge in [0.05, 0.1) is 47.2 Å². The summed E-state index contributed by atoms with van der Waals surface area (Å²) in [5, 5.41) is 1.56. The first-order chi connectivity index (χ1) is 16.5. The highest BCUT2D eigenvalue weighted by atomic mass is 32.2. The molecule has 176 valence electrons. The van der Waals surface area contributed by atoms with Crippen LogP contribution in [0.3, 0.4) is 0 Å². The van der Waals surface area contributed by atoms with E-state index in [4.69, 9.17) is 14.5 Å². The van der Waals surface area contributed by atoms with Crippen LogP contribution in [0.25, 0.3) is 16.6 Å². The molecule has 0 spiro atoms. The van der Waals surface area contributed by atoms with E-state index in [1.54, 1.807) is 47.8 Å². The lowest BCUT2D eigenvalue weighted by molar-refractivity contribution is -0.137. The van der Waals surface area contributed by atoms with Crippen molar-refractivity contribution in [3.63, 3.8) is 0 Å². The zero-order valence-electron chi connectivity index (χ0n) is 18.7. The second kappa shape index (κ2) is 10.8. The van der Waals surface area contributed by atoms with Crippen LogP contribution in [0.4, 0.5) is 0 Å². The Morgan fingerprint density at radius 3 is 2.74 bits per heavy atom. The standard InChI is InChI=1S/C24H23N3O5S2/c1-3-32-22(29)14-21-26(20(28)15-34-21)12-13-33-24-25-17-9-5-4-8-16(17)23(30)27(24)18-10-6-7-11-19(18)31-2/h4-11,14H,3,12-13,15H2,1-2H3/b21-14+. The van der Waals surface area contributed by atoms with Gasteiger partial charge in [0.2, 0.25) is 5.91 Å². The van der Waals surface area contributed by atoms with Gasteiger partial charge in [-0.1, -0.05) is 47.8 Å². The monoisotopic (exact) mass is 497 g/mol. The van der Waals surface area contributed by atoms with Crippen molar-refractivity contribution in [1.29, 1.82) is 0 Å². The second-order valence-electron chi connectivity index (χ2n) is 7.14. The molecular formula is C24H23N3O5S2. The van der Waals surface area contributed by atoms with Crippen molar-refractivity contribution >= 4 is 46.3 Å². The number of benzene rings is 2. The van der Waals surface area contributed by atoms with Crippen molar-refractivity contribution in [2.75, 3.05) is 31.8 Å². The number of esters is 1. The number of hydrogen-bond donors (Lipinski definition) is 0. The van der Waals surface area contributed by atoms with Crippen molar-refractivity contribution in [2.24, 2.45) is 0 Å². The lowest BCUT2D eigenvalue weighted by atomic mass is 10.2. The maximum absolute atomic E-state index is 13.4. The molecule has 0 bridgehead atoms. The number of nitrogens with zero attached hydrogens (tertiary/aromatic N) is 3. The summed E-state index contributed by atoms with van der Waals surface area (Å²) in [5.41, 5.74) is 0.983. The van der Waals surface area contributed by atoms with Gasteiger partial charge in [-0.15, -0.1) is 0 Å². The molecule has 1 aliphatic heterocycles. The number of carbonyl (C=O) groups excluding carboxylic acids is 2. The number of methoxy groups -OCH3 is 1. The summed E-state index contributed by atoms with van der Waals surface area (Å²) >= 11 is 2.67. The van der Waals surface area contributed by atoms with Crippen molar-refractivity contribution in [2.45, 2.75) is 12.1 Å². The minimum absolute atomic E-state index is 0.0743. The fourth-order valence-electron chi connectivity index (χ4n) is 3.52. The maximum atomic E-state index is 13.4. The van der Waals surface area contributed by atoms with Gasteiger partial charge in [0, 0.05) is 12.3 Å². The fraction of sp³-hybridized carbons (Fsp3) is 0.250. The SMILES string of the molecule is CCOC(=O)/C=C1/SCC(=O)N1CCSc1nc2ccccc2c(=O)n1-c1ccccc1OC. The molecule has 0 N–H and O–H groups in total. The number of amides is 1. The number of fused-ring (bicyclic) bond motifs is 1. The zero-order valence-corrected chi connectivity index (χ0v) is 20.4. The number of thioether (sulfide) groups is 2. The Bertz CT molecular complexity index is 1320. The predicted molar refractivity (Wildman–Crippen MR) is 134 cm³/mol. The van der Waals surface area contributed by atoms with E-state index in [0.29, 0.717) is 44.8 Å². The summed E-state index contributed by atoms with van der Waals surface area (Å²) in [6.07, 6.45) is 1.35. The second-order valence-corrected chi connectivity index (χ2v) is 9.20. The van der Waals surface area contributed by atoms with Crippen LogP contribution < -0.4 is 10.3 Å². The number of para-hydroxylation sites is 3. The van der Waals surface area contributed by atoms with E-state index in [0.717, 1.165) is 0 Å². The van der Waals surface area contributed by atoms with Crippen LogP contribution in [0.2, 0.25) is 0 Å². The molecule has 0 radical (unpaired) electrons. The van der Waals surface area contributed by atoms with Crippen molar-refractivity contribution in [3.8, 4) is 11.4 Å². The Balaban J connectivity index is 1.65. The van der Waals surface area contributed by atoms with Gasteiger partial charge in [-0.05, 0) is 31.2 Å². The van der Waals surface area contributed by atoms with Crippen LogP contribution in [-0.4, -0.2) is 58.1 Å². The Kier molecular flexibility index (Phi) is 7.59. The first-order valence-corrected chi connectivity index (χ1v) is 12.6. The summed E-state index contributed by atoms with van der Waals surface area (Å²) in [6.45, 7) is 2.36. The summed E-state index contributed by atoms with van der Waals surface area (Å²) in [6, 6.07) is 14.5. The highest BCUT2D eigenvalue weighted by Gasteiger charge is 2.27. The molecule has 4 rings (SSSR count). The summed E-state index contributed by atoms with van der Waals surface area (Å²) < 4.78 is 12.0. The number of carbonyl (C=O) groups is 2. The number of aromatic nitrogens is 2.